The van der Waals surface area contributed by atoms with Gasteiger partial charge in [-0.05, 0) is 17.7 Å². The molecule has 0 spiro atoms. The van der Waals surface area contributed by atoms with Crippen molar-refractivity contribution in [2.75, 3.05) is 12.9 Å². The van der Waals surface area contributed by atoms with E-state index in [-0.39, 0.29) is 18.3 Å². The van der Waals surface area contributed by atoms with Gasteiger partial charge in [0, 0.05) is 12.5 Å². The standard InChI is InChI=1S/C10H14O4S/c1-8(7-11)9-3-5-10(6-4-9)14-15(2,12)13/h3-6,8,11H,7H2,1-2H3. The Labute approximate surface area is 89.6 Å². The predicted molar refractivity (Wildman–Crippen MR) is 57.4 cm³/mol. The summed E-state index contributed by atoms with van der Waals surface area (Å²) in [6, 6.07) is 6.62. The Morgan fingerprint density at radius 2 is 1.87 bits per heavy atom. The van der Waals surface area contributed by atoms with Crippen molar-refractivity contribution in [2.24, 2.45) is 0 Å². The number of aliphatic hydroxyl groups excluding tert-OH is 1. The van der Waals surface area contributed by atoms with Gasteiger partial charge in [0.05, 0.1) is 6.26 Å². The van der Waals surface area contributed by atoms with E-state index in [1.807, 2.05) is 6.92 Å². The molecule has 84 valence electrons. The zero-order valence-corrected chi connectivity index (χ0v) is 9.49. The van der Waals surface area contributed by atoms with E-state index in [0.29, 0.717) is 0 Å². The van der Waals surface area contributed by atoms with Crippen LogP contribution in [0.1, 0.15) is 18.4 Å². The molecule has 1 N–H and O–H groups in total. The Kier molecular flexibility index (Phi) is 3.71. The summed E-state index contributed by atoms with van der Waals surface area (Å²) in [5.74, 6) is 0.323. The molecule has 1 aromatic carbocycles. The molecule has 0 aliphatic carbocycles. The predicted octanol–water partition coefficient (Wildman–Crippen LogP) is 1.12. The largest absolute Gasteiger partial charge is 0.396 e. The summed E-state index contributed by atoms with van der Waals surface area (Å²) < 4.78 is 26.3. The molecule has 0 fully saturated rings. The summed E-state index contributed by atoms with van der Waals surface area (Å²) >= 11 is 0. The molecule has 0 bridgehead atoms. The molecule has 15 heavy (non-hydrogen) atoms. The van der Waals surface area contributed by atoms with Gasteiger partial charge in [-0.2, -0.15) is 8.42 Å². The Bertz CT molecular complexity index is 408. The minimum Gasteiger partial charge on any atom is -0.396 e. The summed E-state index contributed by atoms with van der Waals surface area (Å²) in [5.41, 5.74) is 0.943. The van der Waals surface area contributed by atoms with Crippen LogP contribution < -0.4 is 4.18 Å². The van der Waals surface area contributed by atoms with E-state index in [2.05, 4.69) is 4.18 Å². The summed E-state index contributed by atoms with van der Waals surface area (Å²) in [6.07, 6.45) is 0.997. The van der Waals surface area contributed by atoms with Crippen molar-refractivity contribution >= 4 is 10.1 Å². The molecule has 0 saturated heterocycles. The molecule has 0 amide bonds. The fourth-order valence-corrected chi connectivity index (χ4v) is 1.59. The average Bonchev–Trinajstić information content (AvgIpc) is 2.15. The third-order valence-corrected chi connectivity index (χ3v) is 2.47. The van der Waals surface area contributed by atoms with Crippen LogP contribution in [0.5, 0.6) is 5.75 Å². The van der Waals surface area contributed by atoms with Crippen molar-refractivity contribution in [2.45, 2.75) is 12.8 Å². The zero-order chi connectivity index (χ0) is 11.5. The first-order valence-electron chi connectivity index (χ1n) is 4.52. The molecular weight excluding hydrogens is 216 g/mol. The Morgan fingerprint density at radius 3 is 2.27 bits per heavy atom. The van der Waals surface area contributed by atoms with Crippen LogP contribution >= 0.6 is 0 Å². The fraction of sp³-hybridized carbons (Fsp3) is 0.400. The van der Waals surface area contributed by atoms with Gasteiger partial charge >= 0.3 is 10.1 Å². The molecule has 0 aliphatic rings. The monoisotopic (exact) mass is 230 g/mol. The lowest BCUT2D eigenvalue weighted by Crippen LogP contribution is -2.06. The van der Waals surface area contributed by atoms with Gasteiger partial charge in [0.1, 0.15) is 5.75 Å². The highest BCUT2D eigenvalue weighted by molar-refractivity contribution is 7.86. The number of benzene rings is 1. The van der Waals surface area contributed by atoms with Gasteiger partial charge in [0.2, 0.25) is 0 Å². The number of aliphatic hydroxyl groups is 1. The van der Waals surface area contributed by atoms with E-state index in [1.165, 1.54) is 0 Å². The van der Waals surface area contributed by atoms with Gasteiger partial charge in [0.25, 0.3) is 0 Å². The summed E-state index contributed by atoms with van der Waals surface area (Å²) in [4.78, 5) is 0. The van der Waals surface area contributed by atoms with Crippen molar-refractivity contribution in [1.29, 1.82) is 0 Å². The number of hydrogen-bond donors (Lipinski definition) is 1. The molecule has 4 nitrogen and oxygen atoms in total. The highest BCUT2D eigenvalue weighted by atomic mass is 32.2. The SMILES string of the molecule is CC(CO)c1ccc(OS(C)(=O)=O)cc1. The van der Waals surface area contributed by atoms with Crippen molar-refractivity contribution in [3.63, 3.8) is 0 Å². The first-order valence-corrected chi connectivity index (χ1v) is 6.34. The fourth-order valence-electron chi connectivity index (χ4n) is 1.13. The minimum absolute atomic E-state index is 0.0392. The first-order chi connectivity index (χ1) is 6.92. The number of rotatable bonds is 4. The van der Waals surface area contributed by atoms with Crippen LogP contribution in [-0.4, -0.2) is 26.4 Å². The Hall–Kier alpha value is -1.07. The van der Waals surface area contributed by atoms with Crippen LogP contribution in [0, 0.1) is 0 Å². The maximum atomic E-state index is 10.8. The lowest BCUT2D eigenvalue weighted by atomic mass is 10.0. The van der Waals surface area contributed by atoms with E-state index in [4.69, 9.17) is 5.11 Å². The van der Waals surface area contributed by atoms with Crippen LogP contribution in [0.25, 0.3) is 0 Å². The molecule has 0 radical (unpaired) electrons. The van der Waals surface area contributed by atoms with Crippen molar-refractivity contribution in [1.82, 2.24) is 0 Å². The van der Waals surface area contributed by atoms with E-state index in [9.17, 15) is 8.42 Å². The van der Waals surface area contributed by atoms with E-state index in [0.717, 1.165) is 11.8 Å². The quantitative estimate of drug-likeness (QED) is 0.787. The molecule has 0 aliphatic heterocycles. The maximum Gasteiger partial charge on any atom is 0.306 e. The van der Waals surface area contributed by atoms with Crippen molar-refractivity contribution < 1.29 is 17.7 Å². The second kappa shape index (κ2) is 4.63. The van der Waals surface area contributed by atoms with Gasteiger partial charge in [-0.15, -0.1) is 0 Å². The van der Waals surface area contributed by atoms with Gasteiger partial charge < -0.3 is 9.29 Å². The molecule has 0 aromatic heterocycles. The third kappa shape index (κ3) is 3.89. The smallest absolute Gasteiger partial charge is 0.306 e. The Balaban J connectivity index is 2.81. The molecule has 1 rings (SSSR count). The van der Waals surface area contributed by atoms with Crippen molar-refractivity contribution in [3.8, 4) is 5.75 Å². The second-order valence-corrected chi connectivity index (χ2v) is 5.02. The normalized spacial score (nSPS) is 13.5. The van der Waals surface area contributed by atoms with E-state index < -0.39 is 10.1 Å². The van der Waals surface area contributed by atoms with Crippen LogP contribution in [0.15, 0.2) is 24.3 Å². The van der Waals surface area contributed by atoms with Crippen LogP contribution in [-0.2, 0) is 10.1 Å². The second-order valence-electron chi connectivity index (χ2n) is 3.44. The first kappa shape index (κ1) is 12.0. The van der Waals surface area contributed by atoms with Gasteiger partial charge in [-0.3, -0.25) is 0 Å². The van der Waals surface area contributed by atoms with E-state index >= 15 is 0 Å². The minimum atomic E-state index is -3.47. The molecule has 1 unspecified atom stereocenters. The van der Waals surface area contributed by atoms with Crippen LogP contribution in [0.3, 0.4) is 0 Å². The van der Waals surface area contributed by atoms with Gasteiger partial charge in [0.15, 0.2) is 0 Å². The molecular formula is C10H14O4S. The Morgan fingerprint density at radius 1 is 1.33 bits per heavy atom. The zero-order valence-electron chi connectivity index (χ0n) is 8.67. The highest BCUT2D eigenvalue weighted by Crippen LogP contribution is 2.19. The molecule has 0 saturated carbocycles. The summed E-state index contributed by atoms with van der Waals surface area (Å²) in [6.45, 7) is 1.94. The van der Waals surface area contributed by atoms with Gasteiger partial charge in [-0.25, -0.2) is 0 Å². The average molecular weight is 230 g/mol. The summed E-state index contributed by atoms with van der Waals surface area (Å²) in [7, 11) is -3.47. The van der Waals surface area contributed by atoms with Crippen LogP contribution in [0.4, 0.5) is 0 Å². The topological polar surface area (TPSA) is 63.6 Å². The van der Waals surface area contributed by atoms with Gasteiger partial charge in [-0.1, -0.05) is 19.1 Å². The maximum absolute atomic E-state index is 10.8. The number of hydrogen-bond acceptors (Lipinski definition) is 4. The highest BCUT2D eigenvalue weighted by Gasteiger charge is 2.06. The molecule has 1 aromatic rings. The third-order valence-electron chi connectivity index (χ3n) is 1.97. The molecule has 5 heteroatoms. The van der Waals surface area contributed by atoms with Crippen molar-refractivity contribution in [3.05, 3.63) is 29.8 Å². The summed E-state index contributed by atoms with van der Waals surface area (Å²) in [5, 5.41) is 8.92. The lowest BCUT2D eigenvalue weighted by molar-refractivity contribution is 0.273. The molecule has 0 heterocycles. The molecule has 1 atom stereocenters. The lowest BCUT2D eigenvalue weighted by Gasteiger charge is -2.08. The van der Waals surface area contributed by atoms with Crippen LogP contribution in [0.2, 0.25) is 0 Å². The van der Waals surface area contributed by atoms with E-state index in [1.54, 1.807) is 24.3 Å².